The van der Waals surface area contributed by atoms with Crippen LogP contribution in [0.3, 0.4) is 0 Å². The molecule has 0 saturated heterocycles. The fourth-order valence-corrected chi connectivity index (χ4v) is 8.76. The van der Waals surface area contributed by atoms with Gasteiger partial charge in [0, 0.05) is 12.3 Å². The molecule has 4 rings (SSSR count). The highest BCUT2D eigenvalue weighted by Crippen LogP contribution is 2.68. The van der Waals surface area contributed by atoms with Gasteiger partial charge >= 0.3 is 5.97 Å². The summed E-state index contributed by atoms with van der Waals surface area (Å²) in [5, 5.41) is 0. The first-order chi connectivity index (χ1) is 14.2. The maximum Gasteiger partial charge on any atom is 0.305 e. The molecule has 0 aromatic carbocycles. The molecule has 7 unspecified atom stereocenters. The van der Waals surface area contributed by atoms with Crippen LogP contribution in [-0.2, 0) is 14.3 Å². The summed E-state index contributed by atoms with van der Waals surface area (Å²) in [7, 11) is 0. The number of carbonyl (C=O) groups excluding carboxylic acids is 2. The lowest BCUT2D eigenvalue weighted by molar-refractivity contribution is -0.146. The zero-order chi connectivity index (χ0) is 21.7. The maximum atomic E-state index is 13.6. The van der Waals surface area contributed by atoms with E-state index in [1.807, 2.05) is 6.92 Å². The Balaban J connectivity index is 1.54. The first-order valence-electron chi connectivity index (χ1n) is 12.6. The second-order valence-electron chi connectivity index (χ2n) is 11.5. The van der Waals surface area contributed by atoms with Crippen LogP contribution in [0.2, 0.25) is 0 Å². The van der Waals surface area contributed by atoms with Gasteiger partial charge in [-0.25, -0.2) is 0 Å². The summed E-state index contributed by atoms with van der Waals surface area (Å²) in [6, 6.07) is 0. The van der Waals surface area contributed by atoms with Gasteiger partial charge in [-0.2, -0.15) is 0 Å². The van der Waals surface area contributed by atoms with Gasteiger partial charge < -0.3 is 4.74 Å². The summed E-state index contributed by atoms with van der Waals surface area (Å²) in [4.78, 5) is 25.5. The molecule has 4 fully saturated rings. The van der Waals surface area contributed by atoms with E-state index in [0.717, 1.165) is 12.0 Å². The third kappa shape index (κ3) is 3.30. The third-order valence-electron chi connectivity index (χ3n) is 10.3. The van der Waals surface area contributed by atoms with Crippen molar-refractivity contribution in [1.82, 2.24) is 0 Å². The molecule has 0 heterocycles. The van der Waals surface area contributed by atoms with Gasteiger partial charge in [0.05, 0.1) is 6.61 Å². The van der Waals surface area contributed by atoms with E-state index in [1.165, 1.54) is 51.4 Å². The van der Waals surface area contributed by atoms with E-state index in [4.69, 9.17) is 4.74 Å². The van der Waals surface area contributed by atoms with Crippen molar-refractivity contribution in [2.75, 3.05) is 6.61 Å². The number of esters is 1. The lowest BCUT2D eigenvalue weighted by Crippen LogP contribution is -2.57. The number of ketones is 1. The van der Waals surface area contributed by atoms with Crippen LogP contribution in [0.25, 0.3) is 0 Å². The highest BCUT2D eigenvalue weighted by Gasteiger charge is 2.63. The first kappa shape index (κ1) is 22.1. The van der Waals surface area contributed by atoms with Crippen LogP contribution in [0.1, 0.15) is 91.9 Å². The molecule has 8 atom stereocenters. The minimum Gasteiger partial charge on any atom is -0.466 e. The Morgan fingerprint density at radius 2 is 1.83 bits per heavy atom. The SMILES string of the molecule is C=C1C(=O)C2C(CCC3(C)C2CCC3[C@H](C)CCC(=O)OCC)C2(C)CCCCC12. The van der Waals surface area contributed by atoms with Gasteiger partial charge in [-0.15, -0.1) is 0 Å². The van der Waals surface area contributed by atoms with Crippen LogP contribution in [0, 0.1) is 46.3 Å². The Hall–Kier alpha value is -1.12. The van der Waals surface area contributed by atoms with Crippen LogP contribution < -0.4 is 0 Å². The monoisotopic (exact) mass is 414 g/mol. The molecule has 0 N–H and O–H groups in total. The Kier molecular flexibility index (Phi) is 5.96. The molecular formula is C27H42O3. The Labute approximate surface area is 183 Å². The highest BCUT2D eigenvalue weighted by molar-refractivity contribution is 5.99. The van der Waals surface area contributed by atoms with E-state index < -0.39 is 0 Å². The standard InChI is InChI=1S/C27H42O3/c1-6-30-23(28)13-10-17(2)19-11-12-21-24-22(14-16-27(19,21)5)26(4)15-8-7-9-20(26)18(3)25(24)29/h17,19-22,24H,3,6-16H2,1-2,4-5H3/t17-,19?,20?,21?,22?,24?,26?,27?/m1/s1. The number of hydrogen-bond acceptors (Lipinski definition) is 3. The van der Waals surface area contributed by atoms with Gasteiger partial charge in [-0.3, -0.25) is 9.59 Å². The lowest BCUT2D eigenvalue weighted by Gasteiger charge is -2.60. The van der Waals surface area contributed by atoms with Crippen LogP contribution in [0.5, 0.6) is 0 Å². The number of rotatable bonds is 5. The molecule has 3 nitrogen and oxygen atoms in total. The van der Waals surface area contributed by atoms with Crippen molar-refractivity contribution in [1.29, 1.82) is 0 Å². The van der Waals surface area contributed by atoms with Gasteiger partial charge in [0.1, 0.15) is 0 Å². The lowest BCUT2D eigenvalue weighted by atomic mass is 9.43. The summed E-state index contributed by atoms with van der Waals surface area (Å²) in [6.45, 7) is 14.0. The summed E-state index contributed by atoms with van der Waals surface area (Å²) in [5.74, 6) is 3.12. The van der Waals surface area contributed by atoms with Crippen molar-refractivity contribution >= 4 is 11.8 Å². The molecular weight excluding hydrogens is 372 g/mol. The van der Waals surface area contributed by atoms with E-state index >= 15 is 0 Å². The minimum absolute atomic E-state index is 0.0669. The Bertz CT molecular complexity index is 711. The maximum absolute atomic E-state index is 13.6. The highest BCUT2D eigenvalue weighted by atomic mass is 16.5. The first-order valence-corrected chi connectivity index (χ1v) is 12.6. The van der Waals surface area contributed by atoms with Crippen molar-refractivity contribution in [3.8, 4) is 0 Å². The summed E-state index contributed by atoms with van der Waals surface area (Å²) in [6.07, 6.45) is 11.3. The normalized spacial score (nSPS) is 44.1. The van der Waals surface area contributed by atoms with Gasteiger partial charge in [-0.1, -0.05) is 40.2 Å². The van der Waals surface area contributed by atoms with Crippen LogP contribution in [0.4, 0.5) is 0 Å². The van der Waals surface area contributed by atoms with Gasteiger partial charge in [-0.05, 0) is 97.9 Å². The van der Waals surface area contributed by atoms with Gasteiger partial charge in [0.15, 0.2) is 5.78 Å². The van der Waals surface area contributed by atoms with E-state index in [1.54, 1.807) is 0 Å². The second-order valence-corrected chi connectivity index (χ2v) is 11.5. The fraction of sp³-hybridized carbons (Fsp3) is 0.852. The molecule has 0 spiro atoms. The average Bonchev–Trinajstić information content (AvgIpc) is 3.07. The average molecular weight is 415 g/mol. The topological polar surface area (TPSA) is 43.4 Å². The molecule has 0 aromatic rings. The molecule has 0 amide bonds. The summed E-state index contributed by atoms with van der Waals surface area (Å²) < 4.78 is 5.15. The summed E-state index contributed by atoms with van der Waals surface area (Å²) in [5.41, 5.74) is 1.47. The number of fused-ring (bicyclic) bond motifs is 5. The minimum atomic E-state index is -0.0669. The second kappa shape index (κ2) is 8.10. The van der Waals surface area contributed by atoms with Crippen LogP contribution in [0.15, 0.2) is 12.2 Å². The van der Waals surface area contributed by atoms with Crippen molar-refractivity contribution in [2.45, 2.75) is 91.9 Å². The van der Waals surface area contributed by atoms with Crippen LogP contribution in [-0.4, -0.2) is 18.4 Å². The number of ether oxygens (including phenoxy) is 1. The smallest absolute Gasteiger partial charge is 0.305 e. The number of allylic oxidation sites excluding steroid dienone is 1. The fourth-order valence-electron chi connectivity index (χ4n) is 8.76. The van der Waals surface area contributed by atoms with Gasteiger partial charge in [0.2, 0.25) is 0 Å². The zero-order valence-corrected chi connectivity index (χ0v) is 19.7. The van der Waals surface area contributed by atoms with E-state index in [-0.39, 0.29) is 22.7 Å². The molecule has 4 aliphatic carbocycles. The molecule has 0 aromatic heterocycles. The number of Topliss-reactive ketones (excluding diaryl/α,β-unsaturated/α-hetero) is 1. The Morgan fingerprint density at radius 3 is 2.57 bits per heavy atom. The molecule has 4 saturated carbocycles. The molecule has 0 radical (unpaired) electrons. The molecule has 168 valence electrons. The molecule has 4 aliphatic rings. The molecule has 0 bridgehead atoms. The number of hydrogen-bond donors (Lipinski definition) is 0. The largest absolute Gasteiger partial charge is 0.466 e. The van der Waals surface area contributed by atoms with E-state index in [9.17, 15) is 9.59 Å². The van der Waals surface area contributed by atoms with Crippen LogP contribution >= 0.6 is 0 Å². The molecule has 30 heavy (non-hydrogen) atoms. The predicted octanol–water partition coefficient (Wildman–Crippen LogP) is 6.36. The summed E-state index contributed by atoms with van der Waals surface area (Å²) >= 11 is 0. The van der Waals surface area contributed by atoms with Crippen molar-refractivity contribution < 1.29 is 14.3 Å². The Morgan fingerprint density at radius 1 is 1.10 bits per heavy atom. The third-order valence-corrected chi connectivity index (χ3v) is 10.3. The quantitative estimate of drug-likeness (QED) is 0.388. The van der Waals surface area contributed by atoms with Crippen molar-refractivity contribution in [2.24, 2.45) is 46.3 Å². The zero-order valence-electron chi connectivity index (χ0n) is 19.7. The molecule has 0 aliphatic heterocycles. The van der Waals surface area contributed by atoms with Crippen molar-refractivity contribution in [3.63, 3.8) is 0 Å². The molecule has 3 heteroatoms. The number of carbonyl (C=O) groups is 2. The van der Waals surface area contributed by atoms with E-state index in [0.29, 0.717) is 48.4 Å². The van der Waals surface area contributed by atoms with Crippen molar-refractivity contribution in [3.05, 3.63) is 12.2 Å². The van der Waals surface area contributed by atoms with Gasteiger partial charge in [0.25, 0.3) is 0 Å². The van der Waals surface area contributed by atoms with E-state index in [2.05, 4.69) is 27.4 Å². The predicted molar refractivity (Wildman–Crippen MR) is 120 cm³/mol.